The van der Waals surface area contributed by atoms with Crippen LogP contribution in [0.5, 0.6) is 0 Å². The molecule has 0 fully saturated rings. The SMILES string of the molecule is COC(=O)C1=C(C)O[C@@](C)(OC)C[C@H]1CC(C)C. The van der Waals surface area contributed by atoms with Gasteiger partial charge in [-0.2, -0.15) is 0 Å². The minimum absolute atomic E-state index is 0.121. The van der Waals surface area contributed by atoms with Crippen molar-refractivity contribution in [3.8, 4) is 0 Å². The van der Waals surface area contributed by atoms with Gasteiger partial charge in [0, 0.05) is 26.4 Å². The number of rotatable bonds is 4. The number of hydrogen-bond donors (Lipinski definition) is 0. The second-order valence-corrected chi connectivity index (χ2v) is 5.43. The Bertz CT molecular complexity index is 346. The van der Waals surface area contributed by atoms with Crippen LogP contribution in [0.2, 0.25) is 0 Å². The number of carbonyl (C=O) groups excluding carboxylic acids is 1. The molecule has 0 bridgehead atoms. The molecule has 0 aliphatic carbocycles. The van der Waals surface area contributed by atoms with Crippen molar-refractivity contribution in [1.29, 1.82) is 0 Å². The van der Waals surface area contributed by atoms with E-state index in [2.05, 4.69) is 13.8 Å². The lowest BCUT2D eigenvalue weighted by atomic mass is 9.82. The quantitative estimate of drug-likeness (QED) is 0.725. The molecule has 0 aromatic heterocycles. The molecule has 0 aromatic carbocycles. The molecule has 4 nitrogen and oxygen atoms in total. The van der Waals surface area contributed by atoms with Crippen LogP contribution < -0.4 is 0 Å². The fraction of sp³-hybridized carbons (Fsp3) is 0.786. The monoisotopic (exact) mass is 256 g/mol. The summed E-state index contributed by atoms with van der Waals surface area (Å²) in [6.07, 6.45) is 1.59. The summed E-state index contributed by atoms with van der Waals surface area (Å²) < 4.78 is 16.0. The Morgan fingerprint density at radius 2 is 2.11 bits per heavy atom. The van der Waals surface area contributed by atoms with Gasteiger partial charge < -0.3 is 14.2 Å². The van der Waals surface area contributed by atoms with Gasteiger partial charge in [0.2, 0.25) is 5.79 Å². The van der Waals surface area contributed by atoms with Crippen LogP contribution in [0.3, 0.4) is 0 Å². The highest BCUT2D eigenvalue weighted by Gasteiger charge is 2.40. The van der Waals surface area contributed by atoms with Crippen LogP contribution in [-0.4, -0.2) is 26.0 Å². The van der Waals surface area contributed by atoms with Crippen molar-refractivity contribution in [1.82, 2.24) is 0 Å². The Balaban J connectivity index is 3.07. The lowest BCUT2D eigenvalue weighted by Crippen LogP contribution is -2.39. The van der Waals surface area contributed by atoms with Gasteiger partial charge in [0.05, 0.1) is 12.7 Å². The molecule has 0 saturated heterocycles. The van der Waals surface area contributed by atoms with Gasteiger partial charge in [-0.1, -0.05) is 13.8 Å². The van der Waals surface area contributed by atoms with Gasteiger partial charge in [-0.05, 0) is 19.3 Å². The first-order valence-electron chi connectivity index (χ1n) is 6.36. The third-order valence-corrected chi connectivity index (χ3v) is 3.37. The minimum atomic E-state index is -0.652. The first-order valence-corrected chi connectivity index (χ1v) is 6.36. The van der Waals surface area contributed by atoms with Gasteiger partial charge >= 0.3 is 5.97 Å². The second-order valence-electron chi connectivity index (χ2n) is 5.43. The summed E-state index contributed by atoms with van der Waals surface area (Å²) in [6.45, 7) is 7.99. The number of allylic oxidation sites excluding steroid dienone is 1. The summed E-state index contributed by atoms with van der Waals surface area (Å²) in [7, 11) is 3.03. The predicted molar refractivity (Wildman–Crippen MR) is 68.8 cm³/mol. The zero-order chi connectivity index (χ0) is 13.9. The Labute approximate surface area is 109 Å². The molecule has 18 heavy (non-hydrogen) atoms. The standard InChI is InChI=1S/C14H24O4/c1-9(2)7-11-8-14(4,17-6)18-10(3)12(11)13(15)16-5/h9,11H,7-8H2,1-6H3/t11-,14-/m1/s1. The molecular formula is C14H24O4. The van der Waals surface area contributed by atoms with E-state index in [0.29, 0.717) is 23.7 Å². The molecule has 1 heterocycles. The Kier molecular flexibility index (Phi) is 4.79. The molecule has 0 aromatic rings. The normalized spacial score (nSPS) is 28.3. The average Bonchev–Trinajstić information content (AvgIpc) is 2.27. The number of esters is 1. The first-order chi connectivity index (χ1) is 8.33. The number of hydrogen-bond acceptors (Lipinski definition) is 4. The van der Waals surface area contributed by atoms with Crippen LogP contribution in [-0.2, 0) is 19.0 Å². The van der Waals surface area contributed by atoms with Gasteiger partial charge in [0.1, 0.15) is 5.76 Å². The van der Waals surface area contributed by atoms with Gasteiger partial charge in [0.15, 0.2) is 0 Å². The fourth-order valence-corrected chi connectivity index (χ4v) is 2.57. The van der Waals surface area contributed by atoms with Crippen molar-refractivity contribution in [3.05, 3.63) is 11.3 Å². The maximum absolute atomic E-state index is 11.9. The van der Waals surface area contributed by atoms with E-state index in [-0.39, 0.29) is 11.9 Å². The molecule has 0 amide bonds. The lowest BCUT2D eigenvalue weighted by molar-refractivity contribution is -0.206. The molecule has 2 atom stereocenters. The number of ether oxygens (including phenoxy) is 3. The van der Waals surface area contributed by atoms with Crippen molar-refractivity contribution < 1.29 is 19.0 Å². The molecular weight excluding hydrogens is 232 g/mol. The summed E-state index contributed by atoms with van der Waals surface area (Å²) in [5.41, 5.74) is 0.653. The molecule has 0 spiro atoms. The second kappa shape index (κ2) is 5.74. The first kappa shape index (κ1) is 15.0. The topological polar surface area (TPSA) is 44.8 Å². The van der Waals surface area contributed by atoms with E-state index < -0.39 is 5.79 Å². The average molecular weight is 256 g/mol. The number of methoxy groups -OCH3 is 2. The summed E-state index contributed by atoms with van der Waals surface area (Å²) in [4.78, 5) is 11.9. The molecule has 4 heteroatoms. The highest BCUT2D eigenvalue weighted by atomic mass is 16.7. The van der Waals surface area contributed by atoms with Crippen LogP contribution in [0.1, 0.15) is 40.5 Å². The maximum Gasteiger partial charge on any atom is 0.337 e. The van der Waals surface area contributed by atoms with E-state index >= 15 is 0 Å². The van der Waals surface area contributed by atoms with Crippen molar-refractivity contribution >= 4 is 5.97 Å². The summed E-state index contributed by atoms with van der Waals surface area (Å²) >= 11 is 0. The van der Waals surface area contributed by atoms with Gasteiger partial charge in [-0.25, -0.2) is 4.79 Å². The maximum atomic E-state index is 11.9. The van der Waals surface area contributed by atoms with E-state index in [1.54, 1.807) is 14.0 Å². The predicted octanol–water partition coefficient (Wildman–Crippen LogP) is 2.88. The summed E-state index contributed by atoms with van der Waals surface area (Å²) in [5, 5.41) is 0. The molecule has 0 radical (unpaired) electrons. The van der Waals surface area contributed by atoms with E-state index in [0.717, 1.165) is 6.42 Å². The lowest BCUT2D eigenvalue weighted by Gasteiger charge is -2.39. The van der Waals surface area contributed by atoms with Gasteiger partial charge in [0.25, 0.3) is 0 Å². The molecule has 1 rings (SSSR count). The highest BCUT2D eigenvalue weighted by molar-refractivity contribution is 5.89. The smallest absolute Gasteiger partial charge is 0.337 e. The zero-order valence-electron chi connectivity index (χ0n) is 12.2. The minimum Gasteiger partial charge on any atom is -0.467 e. The van der Waals surface area contributed by atoms with E-state index in [9.17, 15) is 4.79 Å². The van der Waals surface area contributed by atoms with Crippen molar-refractivity contribution in [3.63, 3.8) is 0 Å². The van der Waals surface area contributed by atoms with E-state index in [1.165, 1.54) is 7.11 Å². The largest absolute Gasteiger partial charge is 0.467 e. The van der Waals surface area contributed by atoms with Crippen molar-refractivity contribution in [2.75, 3.05) is 14.2 Å². The molecule has 1 aliphatic heterocycles. The van der Waals surface area contributed by atoms with Gasteiger partial charge in [-0.15, -0.1) is 0 Å². The Morgan fingerprint density at radius 1 is 1.50 bits per heavy atom. The van der Waals surface area contributed by atoms with Crippen molar-refractivity contribution in [2.24, 2.45) is 11.8 Å². The fourth-order valence-electron chi connectivity index (χ4n) is 2.57. The Hall–Kier alpha value is -1.03. The molecule has 0 N–H and O–H groups in total. The number of carbonyl (C=O) groups is 1. The highest BCUT2D eigenvalue weighted by Crippen LogP contribution is 2.39. The van der Waals surface area contributed by atoms with E-state index in [1.807, 2.05) is 6.92 Å². The van der Waals surface area contributed by atoms with E-state index in [4.69, 9.17) is 14.2 Å². The molecule has 0 saturated carbocycles. The molecule has 1 aliphatic rings. The summed E-state index contributed by atoms with van der Waals surface area (Å²) in [6, 6.07) is 0. The zero-order valence-corrected chi connectivity index (χ0v) is 12.2. The van der Waals surface area contributed by atoms with Crippen LogP contribution in [0.25, 0.3) is 0 Å². The third-order valence-electron chi connectivity index (χ3n) is 3.37. The third kappa shape index (κ3) is 3.25. The van der Waals surface area contributed by atoms with Crippen LogP contribution in [0, 0.1) is 11.8 Å². The molecule has 0 unspecified atom stereocenters. The van der Waals surface area contributed by atoms with Gasteiger partial charge in [-0.3, -0.25) is 0 Å². The van der Waals surface area contributed by atoms with Crippen LogP contribution in [0.4, 0.5) is 0 Å². The Morgan fingerprint density at radius 3 is 2.56 bits per heavy atom. The molecule has 104 valence electrons. The summed E-state index contributed by atoms with van der Waals surface area (Å²) in [5.74, 6) is 0.290. The van der Waals surface area contributed by atoms with Crippen LogP contribution >= 0.6 is 0 Å². The van der Waals surface area contributed by atoms with Crippen molar-refractivity contribution in [2.45, 2.75) is 46.3 Å². The van der Waals surface area contributed by atoms with Crippen LogP contribution in [0.15, 0.2) is 11.3 Å².